The second kappa shape index (κ2) is 7.56. The maximum absolute atomic E-state index is 12.0. The van der Waals surface area contributed by atoms with Crippen molar-refractivity contribution < 1.29 is 13.9 Å². The van der Waals surface area contributed by atoms with Crippen LogP contribution in [0.4, 0.5) is 0 Å². The first-order chi connectivity index (χ1) is 10.2. The Hall–Kier alpha value is -2.18. The summed E-state index contributed by atoms with van der Waals surface area (Å²) in [6.45, 7) is 2.36. The van der Waals surface area contributed by atoms with Gasteiger partial charge in [-0.25, -0.2) is 4.79 Å². The molecule has 0 saturated heterocycles. The molecule has 0 fully saturated rings. The highest BCUT2D eigenvalue weighted by Gasteiger charge is 2.12. The number of benzene rings is 1. The fourth-order valence-electron chi connectivity index (χ4n) is 1.88. The quantitative estimate of drug-likeness (QED) is 0.581. The lowest BCUT2D eigenvalue weighted by Crippen LogP contribution is -2.35. The highest BCUT2D eigenvalue weighted by molar-refractivity contribution is 5.96. The van der Waals surface area contributed by atoms with Crippen molar-refractivity contribution in [1.29, 1.82) is 0 Å². The zero-order valence-electron chi connectivity index (χ0n) is 11.8. The van der Waals surface area contributed by atoms with Crippen LogP contribution in [0, 0.1) is 0 Å². The molecule has 1 heterocycles. The Morgan fingerprint density at radius 2 is 2.05 bits per heavy atom. The van der Waals surface area contributed by atoms with Crippen molar-refractivity contribution in [2.45, 2.75) is 0 Å². The van der Waals surface area contributed by atoms with Gasteiger partial charge in [0.05, 0.1) is 6.61 Å². The zero-order chi connectivity index (χ0) is 15.1. The monoisotopic (exact) mass is 290 g/mol. The minimum Gasteiger partial charge on any atom is -0.422 e. The van der Waals surface area contributed by atoms with Gasteiger partial charge in [0.2, 0.25) is 0 Å². The number of amides is 1. The van der Waals surface area contributed by atoms with Gasteiger partial charge in [-0.05, 0) is 12.1 Å². The van der Waals surface area contributed by atoms with Gasteiger partial charge in [0, 0.05) is 32.1 Å². The van der Waals surface area contributed by atoms with Gasteiger partial charge >= 0.3 is 5.63 Å². The Balaban J connectivity index is 1.96. The van der Waals surface area contributed by atoms with Gasteiger partial charge in [-0.15, -0.1) is 0 Å². The Morgan fingerprint density at radius 3 is 2.86 bits per heavy atom. The van der Waals surface area contributed by atoms with E-state index in [4.69, 9.17) is 9.15 Å². The zero-order valence-corrected chi connectivity index (χ0v) is 11.8. The number of carbonyl (C=O) groups is 1. The molecule has 0 saturated carbocycles. The van der Waals surface area contributed by atoms with E-state index in [0.717, 1.165) is 5.39 Å². The van der Waals surface area contributed by atoms with Crippen LogP contribution in [-0.2, 0) is 4.74 Å². The van der Waals surface area contributed by atoms with E-state index in [1.165, 1.54) is 0 Å². The van der Waals surface area contributed by atoms with Crippen molar-refractivity contribution in [2.24, 2.45) is 0 Å². The van der Waals surface area contributed by atoms with E-state index in [1.54, 1.807) is 31.4 Å². The molecule has 2 aromatic rings. The van der Waals surface area contributed by atoms with Crippen LogP contribution < -0.4 is 16.3 Å². The number of hydrogen-bond donors (Lipinski definition) is 2. The fourth-order valence-corrected chi connectivity index (χ4v) is 1.88. The summed E-state index contributed by atoms with van der Waals surface area (Å²) < 4.78 is 10.0. The summed E-state index contributed by atoms with van der Waals surface area (Å²) in [7, 11) is 1.63. The molecule has 0 unspecified atom stereocenters. The van der Waals surface area contributed by atoms with E-state index >= 15 is 0 Å². The van der Waals surface area contributed by atoms with Crippen molar-refractivity contribution in [3.05, 3.63) is 46.3 Å². The van der Waals surface area contributed by atoms with Crippen LogP contribution in [0.2, 0.25) is 0 Å². The number of nitrogens with one attached hydrogen (secondary N) is 2. The van der Waals surface area contributed by atoms with Crippen molar-refractivity contribution in [3.63, 3.8) is 0 Å². The minimum atomic E-state index is -0.626. The van der Waals surface area contributed by atoms with Gasteiger partial charge in [-0.1, -0.05) is 18.2 Å². The van der Waals surface area contributed by atoms with Gasteiger partial charge < -0.3 is 19.8 Å². The normalized spacial score (nSPS) is 10.7. The third-order valence-corrected chi connectivity index (χ3v) is 2.96. The van der Waals surface area contributed by atoms with Crippen LogP contribution in [0.15, 0.2) is 39.5 Å². The van der Waals surface area contributed by atoms with Crippen LogP contribution in [-0.4, -0.2) is 39.3 Å². The van der Waals surface area contributed by atoms with E-state index in [0.29, 0.717) is 31.8 Å². The molecule has 0 radical (unpaired) electrons. The predicted octanol–water partition coefficient (Wildman–Crippen LogP) is 0.759. The summed E-state index contributed by atoms with van der Waals surface area (Å²) in [5.74, 6) is -0.428. The number of hydrogen-bond acceptors (Lipinski definition) is 5. The van der Waals surface area contributed by atoms with Crippen LogP contribution >= 0.6 is 0 Å². The third kappa shape index (κ3) is 4.14. The number of fused-ring (bicyclic) bond motifs is 1. The number of carbonyl (C=O) groups excluding carboxylic acids is 1. The molecule has 0 atom stereocenters. The van der Waals surface area contributed by atoms with Crippen molar-refractivity contribution in [2.75, 3.05) is 33.4 Å². The maximum atomic E-state index is 12.0. The van der Waals surface area contributed by atoms with E-state index in [-0.39, 0.29) is 5.56 Å². The largest absolute Gasteiger partial charge is 0.422 e. The molecule has 112 valence electrons. The third-order valence-electron chi connectivity index (χ3n) is 2.96. The topological polar surface area (TPSA) is 80.6 Å². The van der Waals surface area contributed by atoms with Crippen molar-refractivity contribution >= 4 is 16.9 Å². The minimum absolute atomic E-state index is 0.0191. The predicted molar refractivity (Wildman–Crippen MR) is 79.6 cm³/mol. The van der Waals surface area contributed by atoms with Gasteiger partial charge in [-0.2, -0.15) is 0 Å². The molecular formula is C15H18N2O4. The van der Waals surface area contributed by atoms with Crippen molar-refractivity contribution in [1.82, 2.24) is 10.6 Å². The molecule has 1 aromatic carbocycles. The van der Waals surface area contributed by atoms with Crippen LogP contribution in [0.25, 0.3) is 11.0 Å². The van der Waals surface area contributed by atoms with Crippen LogP contribution in [0.5, 0.6) is 0 Å². The smallest absolute Gasteiger partial charge is 0.349 e. The lowest BCUT2D eigenvalue weighted by atomic mass is 10.2. The van der Waals surface area contributed by atoms with Gasteiger partial charge in [0.15, 0.2) is 0 Å². The lowest BCUT2D eigenvalue weighted by Gasteiger charge is -2.06. The molecule has 2 N–H and O–H groups in total. The van der Waals surface area contributed by atoms with Gasteiger partial charge in [0.25, 0.3) is 5.91 Å². The summed E-state index contributed by atoms with van der Waals surface area (Å²) in [5.41, 5.74) is -0.135. The first-order valence-electron chi connectivity index (χ1n) is 6.73. The molecule has 0 bridgehead atoms. The molecular weight excluding hydrogens is 272 g/mol. The van der Waals surface area contributed by atoms with E-state index in [9.17, 15) is 9.59 Å². The Morgan fingerprint density at radius 1 is 1.24 bits per heavy atom. The fraction of sp³-hybridized carbons (Fsp3) is 0.333. The molecule has 0 spiro atoms. The number of ether oxygens (including phenoxy) is 1. The molecule has 0 aliphatic rings. The highest BCUT2D eigenvalue weighted by Crippen LogP contribution is 2.12. The standard InChI is InChI=1S/C15H18N2O4/c1-20-9-8-16-6-7-17-14(18)12-10-11-4-2-3-5-13(11)21-15(12)19/h2-5,10,16H,6-9H2,1H3,(H,17,18). The molecule has 2 rings (SSSR count). The van der Waals surface area contributed by atoms with Crippen molar-refractivity contribution in [3.8, 4) is 0 Å². The Kier molecular flexibility index (Phi) is 5.48. The molecule has 6 nitrogen and oxygen atoms in total. The average Bonchev–Trinajstić information content (AvgIpc) is 2.49. The van der Waals surface area contributed by atoms with E-state index in [1.807, 2.05) is 6.07 Å². The summed E-state index contributed by atoms with van der Waals surface area (Å²) in [6, 6.07) is 8.63. The second-order valence-electron chi connectivity index (χ2n) is 4.48. The van der Waals surface area contributed by atoms with Gasteiger partial charge in [0.1, 0.15) is 11.1 Å². The molecule has 6 heteroatoms. The lowest BCUT2D eigenvalue weighted by molar-refractivity contribution is 0.0950. The Bertz CT molecular complexity index is 666. The number of methoxy groups -OCH3 is 1. The van der Waals surface area contributed by atoms with Crippen LogP contribution in [0.3, 0.4) is 0 Å². The average molecular weight is 290 g/mol. The first-order valence-corrected chi connectivity index (χ1v) is 6.73. The molecule has 1 aromatic heterocycles. The van der Waals surface area contributed by atoms with E-state index in [2.05, 4.69) is 10.6 Å². The number of rotatable bonds is 7. The summed E-state index contributed by atoms with van der Waals surface area (Å²) in [4.78, 5) is 23.8. The highest BCUT2D eigenvalue weighted by atomic mass is 16.5. The molecule has 1 amide bonds. The summed E-state index contributed by atoms with van der Waals surface area (Å²) in [5, 5.41) is 6.50. The Labute approximate surface area is 122 Å². The summed E-state index contributed by atoms with van der Waals surface area (Å²) >= 11 is 0. The molecule has 0 aliphatic carbocycles. The first kappa shape index (κ1) is 15.2. The summed E-state index contributed by atoms with van der Waals surface area (Å²) in [6.07, 6.45) is 0. The second-order valence-corrected chi connectivity index (χ2v) is 4.48. The molecule has 21 heavy (non-hydrogen) atoms. The number of para-hydroxylation sites is 1. The SMILES string of the molecule is COCCNCCNC(=O)c1cc2ccccc2oc1=O. The molecule has 0 aliphatic heterocycles. The van der Waals surface area contributed by atoms with Crippen LogP contribution in [0.1, 0.15) is 10.4 Å². The van der Waals surface area contributed by atoms with E-state index < -0.39 is 11.5 Å². The maximum Gasteiger partial charge on any atom is 0.349 e. The van der Waals surface area contributed by atoms with Gasteiger partial charge in [-0.3, -0.25) is 4.79 Å².